The van der Waals surface area contributed by atoms with Crippen LogP contribution in [0.4, 0.5) is 0 Å². The number of amidine groups is 2. The molecule has 0 fully saturated rings. The Labute approximate surface area is 213 Å². The summed E-state index contributed by atoms with van der Waals surface area (Å²) in [5, 5.41) is 3.44. The third-order valence-corrected chi connectivity index (χ3v) is 6.47. The number of rotatable bonds is 6. The average molecular weight is 543 g/mol. The van der Waals surface area contributed by atoms with Crippen LogP contribution < -0.4 is 5.32 Å². The number of hydrogen-bond acceptors (Lipinski definition) is 3. The summed E-state index contributed by atoms with van der Waals surface area (Å²) >= 11 is 24.3. The van der Waals surface area contributed by atoms with Crippen molar-refractivity contribution >= 4 is 68.1 Å². The van der Waals surface area contributed by atoms with E-state index >= 15 is 0 Å². The van der Waals surface area contributed by atoms with Gasteiger partial charge in [-0.2, -0.15) is 8.42 Å². The van der Waals surface area contributed by atoms with E-state index < -0.39 is 13.8 Å². The fourth-order valence-electron chi connectivity index (χ4n) is 2.78. The number of halogens is 4. The van der Waals surface area contributed by atoms with Gasteiger partial charge >= 0.3 is 0 Å². The summed E-state index contributed by atoms with van der Waals surface area (Å²) in [5.74, 6) is 0.00614. The molecule has 0 unspecified atom stereocenters. The number of benzene rings is 3. The third-order valence-electron chi connectivity index (χ3n) is 4.35. The zero-order valence-electron chi connectivity index (χ0n) is 17.1. The molecule has 1 N–H and O–H groups in total. The quantitative estimate of drug-likeness (QED) is 0.228. The Morgan fingerprint density at radius 2 is 1.39 bits per heavy atom. The predicted molar refractivity (Wildman–Crippen MR) is 137 cm³/mol. The molecule has 0 heterocycles. The van der Waals surface area contributed by atoms with Gasteiger partial charge in [-0.05, 0) is 35.4 Å². The van der Waals surface area contributed by atoms with Crippen molar-refractivity contribution in [2.24, 2.45) is 9.39 Å². The number of hydrogen-bond donors (Lipinski definition) is 1. The van der Waals surface area contributed by atoms with E-state index in [-0.39, 0.29) is 29.5 Å². The minimum Gasteiger partial charge on any atom is -0.328 e. The molecule has 0 radical (unpaired) electrons. The van der Waals surface area contributed by atoms with Gasteiger partial charge in [0, 0.05) is 11.4 Å². The third kappa shape index (κ3) is 8.02. The molecular weight excluding hydrogens is 524 g/mol. The first kappa shape index (κ1) is 25.5. The number of aliphatic imine (C=N–C) groups is 1. The second-order valence-corrected chi connectivity index (χ2v) is 11.2. The van der Waals surface area contributed by atoms with Gasteiger partial charge in [-0.15, -0.1) is 4.40 Å². The van der Waals surface area contributed by atoms with E-state index in [2.05, 4.69) is 14.7 Å². The first-order valence-electron chi connectivity index (χ1n) is 9.69. The summed E-state index contributed by atoms with van der Waals surface area (Å²) in [6, 6.07) is 24.1. The molecule has 0 spiro atoms. The van der Waals surface area contributed by atoms with Crippen molar-refractivity contribution in [1.82, 2.24) is 5.32 Å². The van der Waals surface area contributed by atoms with Crippen molar-refractivity contribution < 1.29 is 8.42 Å². The van der Waals surface area contributed by atoms with Crippen LogP contribution in [0.3, 0.4) is 0 Å². The summed E-state index contributed by atoms with van der Waals surface area (Å²) in [4.78, 5) is 4.42. The summed E-state index contributed by atoms with van der Waals surface area (Å²) in [6.45, 7) is 0.178. The number of nitrogens with one attached hydrogen (secondary N) is 1. The molecule has 5 nitrogen and oxygen atoms in total. The lowest BCUT2D eigenvalue weighted by molar-refractivity contribution is 0.598. The smallest absolute Gasteiger partial charge is 0.283 e. The molecule has 3 aromatic carbocycles. The number of alkyl halides is 3. The van der Waals surface area contributed by atoms with Crippen LogP contribution >= 0.6 is 46.4 Å². The second kappa shape index (κ2) is 11.4. The molecule has 0 aliphatic heterocycles. The van der Waals surface area contributed by atoms with Crippen LogP contribution in [-0.2, 0) is 23.0 Å². The molecule has 0 aliphatic carbocycles. The van der Waals surface area contributed by atoms with Gasteiger partial charge in [0.05, 0.1) is 11.4 Å². The zero-order valence-corrected chi connectivity index (χ0v) is 21.0. The molecule has 3 aromatic rings. The standard InChI is InChI=1S/C23H19Cl4N3O2S/c24-19-13-11-18(12-14-19)16-28-22(23(25,26)27)29-21(15-17-7-3-1-4-8-17)30-33(31,32)20-9-5-2-6-10-20/h1-14H,15-16H2,(H,28,29,30). The highest BCUT2D eigenvalue weighted by Gasteiger charge is 2.30. The van der Waals surface area contributed by atoms with E-state index in [4.69, 9.17) is 46.4 Å². The lowest BCUT2D eigenvalue weighted by Gasteiger charge is -2.18. The normalized spacial score (nSPS) is 13.1. The Hall–Kier alpha value is -2.09. The maximum absolute atomic E-state index is 12.9. The first-order chi connectivity index (χ1) is 15.6. The Morgan fingerprint density at radius 3 is 1.97 bits per heavy atom. The van der Waals surface area contributed by atoms with Crippen LogP contribution in [0, 0.1) is 0 Å². The van der Waals surface area contributed by atoms with Crippen LogP contribution in [0.25, 0.3) is 0 Å². The Morgan fingerprint density at radius 1 is 0.818 bits per heavy atom. The predicted octanol–water partition coefficient (Wildman–Crippen LogP) is 6.23. The van der Waals surface area contributed by atoms with Gasteiger partial charge in [-0.3, -0.25) is 4.99 Å². The fraction of sp³-hybridized carbons (Fsp3) is 0.130. The van der Waals surface area contributed by atoms with Gasteiger partial charge in [0.2, 0.25) is 3.79 Å². The highest BCUT2D eigenvalue weighted by atomic mass is 35.6. The molecule has 0 atom stereocenters. The van der Waals surface area contributed by atoms with Crippen molar-refractivity contribution in [3.8, 4) is 0 Å². The highest BCUT2D eigenvalue weighted by Crippen LogP contribution is 2.28. The van der Waals surface area contributed by atoms with Gasteiger partial charge in [0.15, 0.2) is 5.84 Å². The lowest BCUT2D eigenvalue weighted by atomic mass is 10.1. The number of nitrogens with zero attached hydrogens (tertiary/aromatic N) is 2. The molecule has 0 aliphatic rings. The molecule has 0 saturated heterocycles. The molecule has 0 saturated carbocycles. The SMILES string of the molecule is O=S(=O)(/N=C(\Cc1ccccc1)NC(=NCc1ccc(Cl)cc1)C(Cl)(Cl)Cl)c1ccccc1. The molecule has 0 bridgehead atoms. The van der Waals surface area contributed by atoms with Gasteiger partial charge in [-0.1, -0.05) is 107 Å². The topological polar surface area (TPSA) is 70.9 Å². The zero-order chi connectivity index (χ0) is 23.9. The van der Waals surface area contributed by atoms with Crippen molar-refractivity contribution in [1.29, 1.82) is 0 Å². The monoisotopic (exact) mass is 541 g/mol. The Bertz CT molecular complexity index is 1230. The summed E-state index contributed by atoms with van der Waals surface area (Å²) in [7, 11) is -4.02. The highest BCUT2D eigenvalue weighted by molar-refractivity contribution is 7.90. The van der Waals surface area contributed by atoms with Gasteiger partial charge in [-0.25, -0.2) is 0 Å². The maximum Gasteiger partial charge on any atom is 0.283 e. The Balaban J connectivity index is 1.96. The van der Waals surface area contributed by atoms with Crippen molar-refractivity contribution in [3.63, 3.8) is 0 Å². The molecule has 3 rings (SSSR count). The van der Waals surface area contributed by atoms with E-state index in [0.717, 1.165) is 11.1 Å². The van der Waals surface area contributed by atoms with Crippen molar-refractivity contribution in [2.45, 2.75) is 21.7 Å². The van der Waals surface area contributed by atoms with E-state index in [9.17, 15) is 8.42 Å². The first-order valence-corrected chi connectivity index (χ1v) is 12.6. The summed E-state index contributed by atoms with van der Waals surface area (Å²) < 4.78 is 27.8. The largest absolute Gasteiger partial charge is 0.328 e. The Kier molecular flexibility index (Phi) is 8.79. The lowest BCUT2D eigenvalue weighted by Crippen LogP contribution is -2.40. The summed E-state index contributed by atoms with van der Waals surface area (Å²) in [5.41, 5.74) is 1.64. The summed E-state index contributed by atoms with van der Waals surface area (Å²) in [6.07, 6.45) is 0.146. The molecule has 33 heavy (non-hydrogen) atoms. The van der Waals surface area contributed by atoms with Crippen LogP contribution in [0.1, 0.15) is 11.1 Å². The van der Waals surface area contributed by atoms with Crippen molar-refractivity contribution in [3.05, 3.63) is 101 Å². The molecule has 0 aromatic heterocycles. The minimum absolute atomic E-state index is 0.0471. The molecule has 10 heteroatoms. The molecular formula is C23H19Cl4N3O2S. The molecule has 172 valence electrons. The maximum atomic E-state index is 12.9. The second-order valence-electron chi connectivity index (χ2n) is 6.90. The number of sulfonamides is 1. The van der Waals surface area contributed by atoms with Gasteiger partial charge in [0.25, 0.3) is 10.0 Å². The molecule has 0 amide bonds. The van der Waals surface area contributed by atoms with Crippen molar-refractivity contribution in [2.75, 3.05) is 0 Å². The minimum atomic E-state index is -4.02. The van der Waals surface area contributed by atoms with E-state index in [1.54, 1.807) is 42.5 Å². The van der Waals surface area contributed by atoms with Gasteiger partial charge < -0.3 is 5.32 Å². The average Bonchev–Trinajstić information content (AvgIpc) is 2.78. The van der Waals surface area contributed by atoms with Crippen LogP contribution in [0.2, 0.25) is 5.02 Å². The van der Waals surface area contributed by atoms with E-state index in [1.807, 2.05) is 30.3 Å². The van der Waals surface area contributed by atoms with E-state index in [1.165, 1.54) is 12.1 Å². The van der Waals surface area contributed by atoms with E-state index in [0.29, 0.717) is 5.02 Å². The van der Waals surface area contributed by atoms with Crippen LogP contribution in [0.5, 0.6) is 0 Å². The van der Waals surface area contributed by atoms with Crippen LogP contribution in [0.15, 0.2) is 99.2 Å². The van der Waals surface area contributed by atoms with Gasteiger partial charge in [0.1, 0.15) is 5.84 Å². The van der Waals surface area contributed by atoms with Crippen LogP contribution in [-0.4, -0.2) is 23.9 Å². The fourth-order valence-corrected chi connectivity index (χ4v) is 4.23.